The average Bonchev–Trinajstić information content (AvgIpc) is 2.83. The summed E-state index contributed by atoms with van der Waals surface area (Å²) in [5, 5.41) is 2.87. The molecule has 0 aliphatic carbocycles. The first-order valence-electron chi connectivity index (χ1n) is 10.6. The molecular formula is C26H23F3N4. The fourth-order valence-corrected chi connectivity index (χ4v) is 3.59. The molecule has 0 saturated heterocycles. The van der Waals surface area contributed by atoms with Gasteiger partial charge >= 0.3 is 6.18 Å². The Bertz CT molecular complexity index is 1220. The third kappa shape index (κ3) is 5.19. The minimum Gasteiger partial charge on any atom is -0.365 e. The molecule has 2 aromatic carbocycles. The van der Waals surface area contributed by atoms with Gasteiger partial charge in [-0.3, -0.25) is 4.98 Å². The van der Waals surface area contributed by atoms with Crippen LogP contribution in [-0.4, -0.2) is 15.0 Å². The molecule has 4 rings (SSSR count). The molecule has 0 bridgehead atoms. The van der Waals surface area contributed by atoms with Gasteiger partial charge in [-0.2, -0.15) is 13.2 Å². The number of benzene rings is 2. The molecule has 33 heavy (non-hydrogen) atoms. The van der Waals surface area contributed by atoms with E-state index in [1.54, 1.807) is 12.4 Å². The molecule has 0 spiro atoms. The fraction of sp³-hybridized carbons (Fsp3) is 0.192. The smallest absolute Gasteiger partial charge is 0.365 e. The van der Waals surface area contributed by atoms with E-state index in [4.69, 9.17) is 0 Å². The summed E-state index contributed by atoms with van der Waals surface area (Å²) in [6.07, 6.45) is -0.244. The van der Waals surface area contributed by atoms with Crippen molar-refractivity contribution >= 4 is 5.82 Å². The van der Waals surface area contributed by atoms with Crippen molar-refractivity contribution in [2.45, 2.75) is 32.5 Å². The monoisotopic (exact) mass is 448 g/mol. The van der Waals surface area contributed by atoms with Crippen molar-refractivity contribution in [1.82, 2.24) is 15.0 Å². The molecule has 4 nitrogen and oxygen atoms in total. The lowest BCUT2D eigenvalue weighted by Gasteiger charge is -2.16. The normalized spacial score (nSPS) is 11.6. The summed E-state index contributed by atoms with van der Waals surface area (Å²) in [5.74, 6) is 0.214. The highest BCUT2D eigenvalue weighted by atomic mass is 19.4. The lowest BCUT2D eigenvalue weighted by molar-refractivity contribution is -0.137. The van der Waals surface area contributed by atoms with Crippen LogP contribution >= 0.6 is 0 Å². The van der Waals surface area contributed by atoms with Crippen LogP contribution in [0.2, 0.25) is 0 Å². The fourth-order valence-electron chi connectivity index (χ4n) is 3.59. The number of hydrogen-bond acceptors (Lipinski definition) is 4. The van der Waals surface area contributed by atoms with Gasteiger partial charge in [-0.1, -0.05) is 68.4 Å². The number of aromatic nitrogens is 3. The maximum Gasteiger partial charge on any atom is 0.421 e. The Labute approximate surface area is 190 Å². The van der Waals surface area contributed by atoms with Crippen LogP contribution in [0.4, 0.5) is 19.0 Å². The number of alkyl halides is 3. The van der Waals surface area contributed by atoms with Crippen molar-refractivity contribution < 1.29 is 13.2 Å². The number of hydrogen-bond donors (Lipinski definition) is 1. The van der Waals surface area contributed by atoms with E-state index >= 15 is 0 Å². The van der Waals surface area contributed by atoms with E-state index in [9.17, 15) is 13.2 Å². The minimum atomic E-state index is -4.57. The Hall–Kier alpha value is -3.74. The van der Waals surface area contributed by atoms with E-state index in [1.807, 2.05) is 74.5 Å². The van der Waals surface area contributed by atoms with E-state index in [2.05, 4.69) is 20.3 Å². The average molecular weight is 448 g/mol. The molecule has 0 aliphatic heterocycles. The molecule has 0 saturated carbocycles. The zero-order chi connectivity index (χ0) is 23.4. The van der Waals surface area contributed by atoms with Crippen LogP contribution in [0, 0.1) is 0 Å². The largest absolute Gasteiger partial charge is 0.421 e. The van der Waals surface area contributed by atoms with E-state index in [1.165, 1.54) is 0 Å². The van der Waals surface area contributed by atoms with E-state index in [0.717, 1.165) is 34.0 Å². The minimum absolute atomic E-state index is 0.182. The summed E-state index contributed by atoms with van der Waals surface area (Å²) in [6, 6.07) is 18.9. The third-order valence-electron chi connectivity index (χ3n) is 5.33. The van der Waals surface area contributed by atoms with Crippen molar-refractivity contribution in [2.24, 2.45) is 0 Å². The highest BCUT2D eigenvalue weighted by Gasteiger charge is 2.35. The molecule has 4 aromatic rings. The van der Waals surface area contributed by atoms with Gasteiger partial charge < -0.3 is 5.32 Å². The number of nitrogens with zero attached hydrogens (tertiary/aromatic N) is 3. The Morgan fingerprint density at radius 1 is 0.879 bits per heavy atom. The van der Waals surface area contributed by atoms with Gasteiger partial charge in [-0.05, 0) is 34.2 Å². The van der Waals surface area contributed by atoms with Crippen LogP contribution < -0.4 is 5.32 Å². The van der Waals surface area contributed by atoms with E-state index < -0.39 is 11.7 Å². The Balaban J connectivity index is 1.62. The van der Waals surface area contributed by atoms with E-state index in [0.29, 0.717) is 0 Å². The molecule has 2 aromatic heterocycles. The molecule has 1 N–H and O–H groups in total. The molecule has 0 atom stereocenters. The van der Waals surface area contributed by atoms with Gasteiger partial charge in [0, 0.05) is 30.7 Å². The van der Waals surface area contributed by atoms with Crippen LogP contribution in [0.15, 0.2) is 79.3 Å². The predicted octanol–water partition coefficient (Wildman–Crippen LogP) is 6.96. The van der Waals surface area contributed by atoms with Gasteiger partial charge in [0.25, 0.3) is 0 Å². The van der Waals surface area contributed by atoms with Gasteiger partial charge in [0.05, 0.1) is 0 Å². The van der Waals surface area contributed by atoms with Gasteiger partial charge in [-0.25, -0.2) is 9.97 Å². The van der Waals surface area contributed by atoms with Gasteiger partial charge in [0.15, 0.2) is 5.82 Å². The third-order valence-corrected chi connectivity index (χ3v) is 5.33. The number of halogens is 3. The van der Waals surface area contributed by atoms with Crippen molar-refractivity contribution in [3.63, 3.8) is 0 Å². The maximum atomic E-state index is 13.6. The van der Waals surface area contributed by atoms with Crippen LogP contribution in [0.1, 0.15) is 36.5 Å². The summed E-state index contributed by atoms with van der Waals surface area (Å²) in [4.78, 5) is 12.4. The summed E-state index contributed by atoms with van der Waals surface area (Å²) in [5.41, 5.74) is 3.61. The molecule has 168 valence electrons. The first-order valence-corrected chi connectivity index (χ1v) is 10.6. The topological polar surface area (TPSA) is 50.7 Å². The Morgan fingerprint density at radius 3 is 2.30 bits per heavy atom. The van der Waals surface area contributed by atoms with Gasteiger partial charge in [0.2, 0.25) is 0 Å². The molecular weight excluding hydrogens is 425 g/mol. The second kappa shape index (κ2) is 9.40. The maximum absolute atomic E-state index is 13.6. The van der Waals surface area contributed by atoms with Crippen molar-refractivity contribution in [3.8, 4) is 22.5 Å². The summed E-state index contributed by atoms with van der Waals surface area (Å²) in [7, 11) is 0. The molecule has 7 heteroatoms. The Kier molecular flexibility index (Phi) is 6.40. The lowest BCUT2D eigenvalue weighted by Crippen LogP contribution is -2.14. The highest BCUT2D eigenvalue weighted by molar-refractivity contribution is 5.64. The lowest BCUT2D eigenvalue weighted by atomic mass is 9.97. The van der Waals surface area contributed by atoms with Gasteiger partial charge in [-0.15, -0.1) is 0 Å². The second-order valence-electron chi connectivity index (χ2n) is 7.99. The SMILES string of the molecule is CC(C)c1ccccc1-c1ncc(C(F)(F)F)c(NCc2ccc(-c3cccnc3)cc2)n1. The summed E-state index contributed by atoms with van der Waals surface area (Å²) >= 11 is 0. The highest BCUT2D eigenvalue weighted by Crippen LogP contribution is 2.35. The second-order valence-corrected chi connectivity index (χ2v) is 7.99. The zero-order valence-corrected chi connectivity index (χ0v) is 18.3. The number of anilines is 1. The van der Waals surface area contributed by atoms with Crippen molar-refractivity contribution in [3.05, 3.63) is 95.9 Å². The first-order chi connectivity index (χ1) is 15.8. The summed E-state index contributed by atoms with van der Waals surface area (Å²) < 4.78 is 40.9. The van der Waals surface area contributed by atoms with Gasteiger partial charge in [0.1, 0.15) is 11.4 Å². The van der Waals surface area contributed by atoms with Crippen molar-refractivity contribution in [1.29, 1.82) is 0 Å². The Morgan fingerprint density at radius 2 is 1.64 bits per heavy atom. The summed E-state index contributed by atoms with van der Waals surface area (Å²) in [6.45, 7) is 4.24. The number of nitrogens with one attached hydrogen (secondary N) is 1. The standard InChI is InChI=1S/C26H23F3N4/c1-17(2)21-7-3-4-8-22(21)24-32-16-23(26(27,28)29)25(33-24)31-14-18-9-11-19(12-10-18)20-6-5-13-30-15-20/h3-13,15-17H,14H2,1-2H3,(H,31,32,33). The number of rotatable bonds is 6. The molecule has 0 amide bonds. The molecule has 2 heterocycles. The van der Waals surface area contributed by atoms with Crippen molar-refractivity contribution in [2.75, 3.05) is 5.32 Å². The van der Waals surface area contributed by atoms with Crippen LogP contribution in [0.5, 0.6) is 0 Å². The molecule has 0 aliphatic rings. The molecule has 0 radical (unpaired) electrons. The predicted molar refractivity (Wildman–Crippen MR) is 124 cm³/mol. The number of pyridine rings is 1. The van der Waals surface area contributed by atoms with Crippen LogP contribution in [-0.2, 0) is 12.7 Å². The quantitative estimate of drug-likeness (QED) is 0.346. The molecule has 0 fully saturated rings. The van der Waals surface area contributed by atoms with E-state index in [-0.39, 0.29) is 24.1 Å². The zero-order valence-electron chi connectivity index (χ0n) is 18.3. The molecule has 0 unspecified atom stereocenters. The first kappa shape index (κ1) is 22.5. The van der Waals surface area contributed by atoms with Crippen LogP contribution in [0.3, 0.4) is 0 Å². The van der Waals surface area contributed by atoms with Crippen LogP contribution in [0.25, 0.3) is 22.5 Å².